The fraction of sp³-hybridized carbons (Fsp3) is 0.348. The Morgan fingerprint density at radius 1 is 1.19 bits per heavy atom. The number of fused-ring (bicyclic) bond motifs is 1. The Labute approximate surface area is 185 Å². The molecule has 0 saturated carbocycles. The van der Waals surface area contributed by atoms with Crippen LogP contribution in [0.3, 0.4) is 0 Å². The lowest BCUT2D eigenvalue weighted by molar-refractivity contribution is -0.00773. The molecule has 0 spiro atoms. The lowest BCUT2D eigenvalue weighted by Crippen LogP contribution is -2.53. The van der Waals surface area contributed by atoms with E-state index in [2.05, 4.69) is 10.2 Å². The maximum Gasteiger partial charge on any atom is 0.410 e. The Kier molecular flexibility index (Phi) is 5.41. The van der Waals surface area contributed by atoms with Crippen molar-refractivity contribution in [3.63, 3.8) is 0 Å². The number of carbonyl (C=O) groups is 2. The number of amides is 2. The molecular formula is C23H26N4O5. The molecule has 2 amide bonds. The van der Waals surface area contributed by atoms with Crippen LogP contribution in [0.4, 0.5) is 4.79 Å². The highest BCUT2D eigenvalue weighted by Crippen LogP contribution is 2.35. The number of phenolic OH excluding ortho intramolecular Hbond substituents is 1. The second kappa shape index (κ2) is 8.07. The van der Waals surface area contributed by atoms with Gasteiger partial charge in [0.2, 0.25) is 0 Å². The van der Waals surface area contributed by atoms with Gasteiger partial charge in [0.25, 0.3) is 5.91 Å². The van der Waals surface area contributed by atoms with Gasteiger partial charge in [-0.05, 0) is 56.2 Å². The van der Waals surface area contributed by atoms with E-state index in [0.717, 1.165) is 11.1 Å². The summed E-state index contributed by atoms with van der Waals surface area (Å²) >= 11 is 0. The summed E-state index contributed by atoms with van der Waals surface area (Å²) in [5, 5.41) is 17.0. The smallest absolute Gasteiger partial charge is 0.410 e. The summed E-state index contributed by atoms with van der Waals surface area (Å²) in [5.74, 6) is 0.129. The SMILES string of the molecule is CC(C)(C)OC(=O)N1CC(COc2cc(-c3ccc(O)cc3)cc3[nH]nc(C(N)=O)c23)C1. The summed E-state index contributed by atoms with van der Waals surface area (Å²) in [6, 6.07) is 10.4. The number of likely N-dealkylation sites (tertiary alicyclic amines) is 1. The Hall–Kier alpha value is -3.75. The topological polar surface area (TPSA) is 131 Å². The predicted octanol–water partition coefficient (Wildman–Crippen LogP) is 3.28. The molecule has 0 bridgehead atoms. The van der Waals surface area contributed by atoms with Crippen LogP contribution in [0.5, 0.6) is 11.5 Å². The van der Waals surface area contributed by atoms with E-state index in [1.807, 2.05) is 32.9 Å². The number of nitrogens with zero attached hydrogens (tertiary/aromatic N) is 2. The van der Waals surface area contributed by atoms with Crippen LogP contribution in [0, 0.1) is 5.92 Å². The number of aromatic nitrogens is 2. The van der Waals surface area contributed by atoms with Crippen LogP contribution < -0.4 is 10.5 Å². The maximum atomic E-state index is 12.1. The average molecular weight is 438 g/mol. The first-order valence-electron chi connectivity index (χ1n) is 10.3. The van der Waals surface area contributed by atoms with Gasteiger partial charge in [0, 0.05) is 19.0 Å². The van der Waals surface area contributed by atoms with E-state index in [1.165, 1.54) is 0 Å². The van der Waals surface area contributed by atoms with Crippen LogP contribution in [0.15, 0.2) is 36.4 Å². The van der Waals surface area contributed by atoms with Crippen LogP contribution in [0.25, 0.3) is 22.0 Å². The molecule has 1 aromatic heterocycles. The number of carbonyl (C=O) groups excluding carboxylic acids is 2. The van der Waals surface area contributed by atoms with Gasteiger partial charge in [0.05, 0.1) is 17.5 Å². The predicted molar refractivity (Wildman–Crippen MR) is 119 cm³/mol. The highest BCUT2D eigenvalue weighted by molar-refractivity contribution is 6.07. The largest absolute Gasteiger partial charge is 0.508 e. The molecule has 1 aliphatic heterocycles. The number of phenols is 1. The minimum Gasteiger partial charge on any atom is -0.508 e. The summed E-state index contributed by atoms with van der Waals surface area (Å²) < 4.78 is 11.5. The van der Waals surface area contributed by atoms with E-state index in [1.54, 1.807) is 29.2 Å². The van der Waals surface area contributed by atoms with Gasteiger partial charge >= 0.3 is 6.09 Å². The van der Waals surface area contributed by atoms with Gasteiger partial charge in [-0.25, -0.2) is 4.79 Å². The van der Waals surface area contributed by atoms with Crippen LogP contribution in [0.2, 0.25) is 0 Å². The third-order valence-corrected chi connectivity index (χ3v) is 5.14. The molecule has 32 heavy (non-hydrogen) atoms. The highest BCUT2D eigenvalue weighted by atomic mass is 16.6. The zero-order valence-corrected chi connectivity index (χ0v) is 18.2. The number of hydrogen-bond acceptors (Lipinski definition) is 6. The van der Waals surface area contributed by atoms with Gasteiger partial charge in [-0.3, -0.25) is 9.89 Å². The molecule has 2 heterocycles. The molecule has 0 aliphatic carbocycles. The Bertz CT molecular complexity index is 1160. The maximum absolute atomic E-state index is 12.1. The van der Waals surface area contributed by atoms with Gasteiger partial charge in [0.15, 0.2) is 5.69 Å². The summed E-state index contributed by atoms with van der Waals surface area (Å²) in [7, 11) is 0. The monoisotopic (exact) mass is 438 g/mol. The molecule has 168 valence electrons. The molecule has 2 aromatic carbocycles. The minimum absolute atomic E-state index is 0.108. The summed E-state index contributed by atoms with van der Waals surface area (Å²) in [5.41, 5.74) is 7.37. The number of aromatic hydroxyl groups is 1. The molecule has 4 rings (SSSR count). The van der Waals surface area contributed by atoms with Crippen LogP contribution >= 0.6 is 0 Å². The number of aromatic amines is 1. The number of rotatable bonds is 5. The summed E-state index contributed by atoms with van der Waals surface area (Å²) in [4.78, 5) is 25.6. The van der Waals surface area contributed by atoms with E-state index in [9.17, 15) is 14.7 Å². The van der Waals surface area contributed by atoms with Gasteiger partial charge < -0.3 is 25.2 Å². The Balaban J connectivity index is 1.53. The molecule has 4 N–H and O–H groups in total. The number of primary amides is 1. The number of nitrogens with two attached hydrogens (primary N) is 1. The molecule has 0 radical (unpaired) electrons. The van der Waals surface area contributed by atoms with Gasteiger partial charge in [-0.15, -0.1) is 0 Å². The van der Waals surface area contributed by atoms with E-state index >= 15 is 0 Å². The lowest BCUT2D eigenvalue weighted by atomic mass is 10.0. The van der Waals surface area contributed by atoms with Crippen molar-refractivity contribution in [2.24, 2.45) is 11.7 Å². The third-order valence-electron chi connectivity index (χ3n) is 5.14. The van der Waals surface area contributed by atoms with Crippen LogP contribution in [-0.4, -0.2) is 57.5 Å². The van der Waals surface area contributed by atoms with Crippen molar-refractivity contribution < 1.29 is 24.2 Å². The second-order valence-electron chi connectivity index (χ2n) is 8.94. The highest BCUT2D eigenvalue weighted by Gasteiger charge is 2.34. The minimum atomic E-state index is -0.654. The number of hydrogen-bond donors (Lipinski definition) is 3. The first-order valence-corrected chi connectivity index (χ1v) is 10.3. The molecule has 3 aromatic rings. The quantitative estimate of drug-likeness (QED) is 0.560. The first kappa shape index (κ1) is 21.5. The van der Waals surface area contributed by atoms with Crippen molar-refractivity contribution in [2.45, 2.75) is 26.4 Å². The third kappa shape index (κ3) is 4.46. The summed E-state index contributed by atoms with van der Waals surface area (Å²) in [6.07, 6.45) is -0.337. The van der Waals surface area contributed by atoms with E-state index in [0.29, 0.717) is 36.3 Å². The summed E-state index contributed by atoms with van der Waals surface area (Å²) in [6.45, 7) is 6.92. The zero-order chi connectivity index (χ0) is 23.0. The average Bonchev–Trinajstić information content (AvgIpc) is 3.10. The molecule has 9 nitrogen and oxygen atoms in total. The van der Waals surface area contributed by atoms with E-state index in [4.69, 9.17) is 15.2 Å². The molecule has 1 saturated heterocycles. The normalized spacial score (nSPS) is 14.3. The number of benzene rings is 2. The lowest BCUT2D eigenvalue weighted by Gasteiger charge is -2.39. The van der Waals surface area contributed by atoms with Crippen LogP contribution in [-0.2, 0) is 4.74 Å². The van der Waals surface area contributed by atoms with E-state index < -0.39 is 11.5 Å². The van der Waals surface area contributed by atoms with Crippen molar-refractivity contribution in [2.75, 3.05) is 19.7 Å². The molecule has 0 atom stereocenters. The first-order chi connectivity index (χ1) is 15.1. The van der Waals surface area contributed by atoms with Gasteiger partial charge in [0.1, 0.15) is 17.1 Å². The molecule has 9 heteroatoms. The Morgan fingerprint density at radius 3 is 2.50 bits per heavy atom. The zero-order valence-electron chi connectivity index (χ0n) is 18.2. The van der Waals surface area contributed by atoms with Crippen molar-refractivity contribution >= 4 is 22.9 Å². The molecule has 1 fully saturated rings. The standard InChI is InChI=1S/C23H26N4O5/c1-23(2,3)32-22(30)27-10-13(11-27)12-31-18-9-15(14-4-6-16(28)7-5-14)8-17-19(18)20(21(24)29)26-25-17/h4-9,13,28H,10-12H2,1-3H3,(H2,24,29)(H,25,26). The van der Waals surface area contributed by atoms with Crippen molar-refractivity contribution in [1.29, 1.82) is 0 Å². The fourth-order valence-corrected chi connectivity index (χ4v) is 3.59. The van der Waals surface area contributed by atoms with Gasteiger partial charge in [-0.1, -0.05) is 12.1 Å². The number of ether oxygens (including phenoxy) is 2. The number of nitrogens with one attached hydrogen (secondary N) is 1. The fourth-order valence-electron chi connectivity index (χ4n) is 3.59. The van der Waals surface area contributed by atoms with Crippen molar-refractivity contribution in [3.05, 3.63) is 42.1 Å². The van der Waals surface area contributed by atoms with Crippen molar-refractivity contribution in [3.8, 4) is 22.6 Å². The number of H-pyrrole nitrogens is 1. The van der Waals surface area contributed by atoms with Crippen molar-refractivity contribution in [1.82, 2.24) is 15.1 Å². The molecular weight excluding hydrogens is 412 g/mol. The molecule has 0 unspecified atom stereocenters. The molecule has 1 aliphatic rings. The van der Waals surface area contributed by atoms with Crippen LogP contribution in [0.1, 0.15) is 31.3 Å². The van der Waals surface area contributed by atoms with Gasteiger partial charge in [-0.2, -0.15) is 5.10 Å². The second-order valence-corrected chi connectivity index (χ2v) is 8.94. The van der Waals surface area contributed by atoms with E-state index in [-0.39, 0.29) is 23.5 Å². The Morgan fingerprint density at radius 2 is 1.88 bits per heavy atom.